The summed E-state index contributed by atoms with van der Waals surface area (Å²) in [5.41, 5.74) is 3.51. The third-order valence-corrected chi connectivity index (χ3v) is 4.94. The van der Waals surface area contributed by atoms with E-state index in [1.807, 2.05) is 30.3 Å². The van der Waals surface area contributed by atoms with E-state index in [0.717, 1.165) is 22.3 Å². The molecule has 1 atom stereocenters. The number of carboxylic acid groups (broad SMARTS) is 1. The highest BCUT2D eigenvalue weighted by molar-refractivity contribution is 6.42. The Bertz CT molecular complexity index is 944. The van der Waals surface area contributed by atoms with Gasteiger partial charge in [-0.1, -0.05) is 53.5 Å². The van der Waals surface area contributed by atoms with Gasteiger partial charge in [-0.05, 0) is 36.7 Å². The fourth-order valence-electron chi connectivity index (χ4n) is 2.64. The molecule has 27 heavy (non-hydrogen) atoms. The zero-order valence-corrected chi connectivity index (χ0v) is 16.0. The van der Waals surface area contributed by atoms with E-state index in [1.165, 1.54) is 0 Å². The van der Waals surface area contributed by atoms with Gasteiger partial charge in [-0.2, -0.15) is 0 Å². The number of aliphatic carboxylic acids is 1. The maximum absolute atomic E-state index is 11.1. The summed E-state index contributed by atoms with van der Waals surface area (Å²) in [5.74, 6) is -0.281. The van der Waals surface area contributed by atoms with Gasteiger partial charge in [0.15, 0.2) is 5.82 Å². The van der Waals surface area contributed by atoms with E-state index in [1.54, 1.807) is 31.6 Å². The van der Waals surface area contributed by atoms with E-state index < -0.39 is 12.0 Å². The van der Waals surface area contributed by atoms with E-state index in [2.05, 4.69) is 15.3 Å². The second kappa shape index (κ2) is 8.48. The molecule has 2 aromatic carbocycles. The second-order valence-electron chi connectivity index (χ2n) is 6.00. The molecule has 0 spiro atoms. The third kappa shape index (κ3) is 4.63. The lowest BCUT2D eigenvalue weighted by atomic mass is 10.0. The first-order valence-corrected chi connectivity index (χ1v) is 9.00. The molecule has 3 aromatic rings. The van der Waals surface area contributed by atoms with Crippen LogP contribution in [0.25, 0.3) is 22.5 Å². The molecule has 1 heterocycles. The Hall–Kier alpha value is -2.47. The topological polar surface area (TPSA) is 75.1 Å². The predicted molar refractivity (Wildman–Crippen MR) is 107 cm³/mol. The minimum Gasteiger partial charge on any atom is -0.480 e. The summed E-state index contributed by atoms with van der Waals surface area (Å²) < 4.78 is 0. The summed E-state index contributed by atoms with van der Waals surface area (Å²) in [4.78, 5) is 20.0. The number of halogens is 2. The highest BCUT2D eigenvalue weighted by Crippen LogP contribution is 2.28. The van der Waals surface area contributed by atoms with Gasteiger partial charge in [0.05, 0.1) is 10.0 Å². The number of carbonyl (C=O) groups is 1. The Labute approximate surface area is 167 Å². The fraction of sp³-hybridized carbons (Fsp3) is 0.150. The van der Waals surface area contributed by atoms with Crippen LogP contribution in [0.1, 0.15) is 5.56 Å². The summed E-state index contributed by atoms with van der Waals surface area (Å²) in [6.45, 7) is 0. The van der Waals surface area contributed by atoms with Crippen LogP contribution < -0.4 is 5.32 Å². The number of benzene rings is 2. The van der Waals surface area contributed by atoms with Crippen molar-refractivity contribution < 1.29 is 9.90 Å². The van der Waals surface area contributed by atoms with Crippen molar-refractivity contribution in [2.75, 3.05) is 7.05 Å². The Morgan fingerprint density at radius 3 is 2.19 bits per heavy atom. The molecule has 0 fully saturated rings. The van der Waals surface area contributed by atoms with Crippen molar-refractivity contribution in [3.63, 3.8) is 0 Å². The van der Waals surface area contributed by atoms with Gasteiger partial charge in [0.2, 0.25) is 0 Å². The molecule has 3 rings (SSSR count). The smallest absolute Gasteiger partial charge is 0.321 e. The lowest BCUT2D eigenvalue weighted by Crippen LogP contribution is -2.35. The summed E-state index contributed by atoms with van der Waals surface area (Å²) >= 11 is 12.0. The quantitative estimate of drug-likeness (QED) is 0.642. The average Bonchev–Trinajstić information content (AvgIpc) is 2.68. The van der Waals surface area contributed by atoms with Crippen LogP contribution in [0.15, 0.2) is 54.9 Å². The molecule has 1 aromatic heterocycles. The molecule has 0 amide bonds. The number of likely N-dealkylation sites (N-methyl/N-ethyl adjacent to an activating group) is 1. The number of nitrogens with one attached hydrogen (secondary N) is 1. The van der Waals surface area contributed by atoms with Gasteiger partial charge < -0.3 is 10.4 Å². The molecule has 5 nitrogen and oxygen atoms in total. The van der Waals surface area contributed by atoms with Crippen LogP contribution >= 0.6 is 23.2 Å². The van der Waals surface area contributed by atoms with Crippen LogP contribution in [0.2, 0.25) is 10.0 Å². The Morgan fingerprint density at radius 1 is 1.00 bits per heavy atom. The third-order valence-electron chi connectivity index (χ3n) is 4.20. The fourth-order valence-corrected chi connectivity index (χ4v) is 2.94. The lowest BCUT2D eigenvalue weighted by molar-refractivity contribution is -0.139. The van der Waals surface area contributed by atoms with E-state index >= 15 is 0 Å². The molecule has 0 saturated heterocycles. The molecule has 0 aliphatic carbocycles. The first kappa shape index (κ1) is 19.3. The molecule has 0 aliphatic rings. The van der Waals surface area contributed by atoms with Gasteiger partial charge in [-0.25, -0.2) is 9.97 Å². The van der Waals surface area contributed by atoms with E-state index in [9.17, 15) is 4.79 Å². The number of carboxylic acids is 1. The summed E-state index contributed by atoms with van der Waals surface area (Å²) in [6, 6.07) is 12.3. The number of nitrogens with zero attached hydrogens (tertiary/aromatic N) is 2. The van der Waals surface area contributed by atoms with E-state index in [4.69, 9.17) is 28.3 Å². The van der Waals surface area contributed by atoms with Crippen LogP contribution in [-0.4, -0.2) is 34.1 Å². The standard InChI is InChI=1S/C20H17Cl2N3O2/c1-23-18(20(26)27)8-12-2-4-13(5-3-12)19-24-10-15(11-25-19)14-6-7-16(21)17(22)9-14/h2-7,9-11,18,23H,8H2,1H3,(H,26,27). The Balaban J connectivity index is 1.77. The predicted octanol–water partition coefficient (Wildman–Crippen LogP) is 4.33. The van der Waals surface area contributed by atoms with Crippen molar-refractivity contribution in [2.45, 2.75) is 12.5 Å². The van der Waals surface area contributed by atoms with Crippen molar-refractivity contribution in [2.24, 2.45) is 0 Å². The lowest BCUT2D eigenvalue weighted by Gasteiger charge is -2.11. The van der Waals surface area contributed by atoms with Crippen LogP contribution in [0.4, 0.5) is 0 Å². The van der Waals surface area contributed by atoms with Crippen molar-refractivity contribution >= 4 is 29.2 Å². The minimum absolute atomic E-state index is 0.406. The summed E-state index contributed by atoms with van der Waals surface area (Å²) in [7, 11) is 1.64. The number of hydrogen-bond donors (Lipinski definition) is 2. The normalized spacial score (nSPS) is 12.0. The van der Waals surface area contributed by atoms with Crippen molar-refractivity contribution in [3.05, 3.63) is 70.5 Å². The van der Waals surface area contributed by atoms with Gasteiger partial charge in [-0.3, -0.25) is 4.79 Å². The van der Waals surface area contributed by atoms with Crippen LogP contribution in [0.5, 0.6) is 0 Å². The molecule has 0 saturated carbocycles. The second-order valence-corrected chi connectivity index (χ2v) is 6.82. The van der Waals surface area contributed by atoms with Crippen LogP contribution in [-0.2, 0) is 11.2 Å². The monoisotopic (exact) mass is 401 g/mol. The van der Waals surface area contributed by atoms with Gasteiger partial charge in [0.25, 0.3) is 0 Å². The molecule has 2 N–H and O–H groups in total. The zero-order chi connectivity index (χ0) is 19.4. The van der Waals surface area contributed by atoms with Crippen LogP contribution in [0.3, 0.4) is 0 Å². The number of hydrogen-bond acceptors (Lipinski definition) is 4. The minimum atomic E-state index is -0.872. The van der Waals surface area contributed by atoms with Gasteiger partial charge in [0, 0.05) is 23.5 Å². The maximum atomic E-state index is 11.1. The molecular formula is C20H17Cl2N3O2. The number of aromatic nitrogens is 2. The maximum Gasteiger partial charge on any atom is 0.321 e. The Morgan fingerprint density at radius 2 is 1.63 bits per heavy atom. The molecular weight excluding hydrogens is 385 g/mol. The first-order chi connectivity index (χ1) is 13.0. The number of rotatable bonds is 6. The van der Waals surface area contributed by atoms with E-state index in [-0.39, 0.29) is 0 Å². The average molecular weight is 402 g/mol. The molecule has 0 aliphatic heterocycles. The first-order valence-electron chi connectivity index (χ1n) is 8.25. The van der Waals surface area contributed by atoms with E-state index in [0.29, 0.717) is 22.3 Å². The molecule has 0 radical (unpaired) electrons. The van der Waals surface area contributed by atoms with Gasteiger partial charge in [0.1, 0.15) is 6.04 Å². The zero-order valence-electron chi connectivity index (χ0n) is 14.5. The highest BCUT2D eigenvalue weighted by Gasteiger charge is 2.15. The van der Waals surface area contributed by atoms with Crippen molar-refractivity contribution in [3.8, 4) is 22.5 Å². The van der Waals surface area contributed by atoms with Crippen LogP contribution in [0, 0.1) is 0 Å². The van der Waals surface area contributed by atoms with Gasteiger partial charge in [-0.15, -0.1) is 0 Å². The largest absolute Gasteiger partial charge is 0.480 e. The Kier molecular flexibility index (Phi) is 6.06. The molecule has 1 unspecified atom stereocenters. The molecule has 138 valence electrons. The van der Waals surface area contributed by atoms with Crippen molar-refractivity contribution in [1.82, 2.24) is 15.3 Å². The SMILES string of the molecule is CNC(Cc1ccc(-c2ncc(-c3ccc(Cl)c(Cl)c3)cn2)cc1)C(=O)O. The molecule has 7 heteroatoms. The molecule has 0 bridgehead atoms. The van der Waals surface area contributed by atoms with Gasteiger partial charge >= 0.3 is 5.97 Å². The summed E-state index contributed by atoms with van der Waals surface area (Å²) in [6.07, 6.45) is 3.87. The van der Waals surface area contributed by atoms with Crippen molar-refractivity contribution in [1.29, 1.82) is 0 Å². The highest BCUT2D eigenvalue weighted by atomic mass is 35.5. The summed E-state index contributed by atoms with van der Waals surface area (Å²) in [5, 5.41) is 12.9.